The lowest BCUT2D eigenvalue weighted by atomic mass is 9.69. The molecule has 262 valence electrons. The number of Topliss-reactive ketones (excluding diaryl/α,β-unsaturated/α-hetero) is 2. The predicted octanol–water partition coefficient (Wildman–Crippen LogP) is 5.23. The largest absolute Gasteiger partial charge is 0.507 e. The van der Waals surface area contributed by atoms with Crippen molar-refractivity contribution in [3.63, 3.8) is 0 Å². The molecule has 50 heavy (non-hydrogen) atoms. The number of carbonyl (C=O) groups is 4. The van der Waals surface area contributed by atoms with Gasteiger partial charge in [0, 0.05) is 37.8 Å². The van der Waals surface area contributed by atoms with E-state index in [0.29, 0.717) is 0 Å². The fraction of sp³-hybridized carbons (Fsp3) is 0.368. The lowest BCUT2D eigenvalue weighted by Gasteiger charge is -2.41. The molecule has 2 aliphatic rings. The van der Waals surface area contributed by atoms with Gasteiger partial charge in [-0.2, -0.15) is 0 Å². The van der Waals surface area contributed by atoms with Crippen LogP contribution in [0.1, 0.15) is 98.1 Å². The summed E-state index contributed by atoms with van der Waals surface area (Å²) in [4.78, 5) is 50.2. The molecule has 12 nitrogen and oxygen atoms in total. The summed E-state index contributed by atoms with van der Waals surface area (Å²) in [6.45, 7) is 8.50. The van der Waals surface area contributed by atoms with E-state index in [9.17, 15) is 49.8 Å². The number of phenolic OH excluding ortho intramolecular Hbond substituents is 4. The van der Waals surface area contributed by atoms with Crippen LogP contribution < -0.4 is 0 Å². The number of ether oxygens (including phenoxy) is 2. The smallest absolute Gasteiger partial charge is 0.302 e. The van der Waals surface area contributed by atoms with Crippen LogP contribution >= 0.6 is 0 Å². The second kappa shape index (κ2) is 11.7. The van der Waals surface area contributed by atoms with Crippen molar-refractivity contribution in [2.45, 2.75) is 89.6 Å². The standard InChI is InChI=1S/C38H38O12/c1-15(49-17(3)39)31-23-11-19-7-9-21(33(43)27(19)35(45)29(23)25(41)13-37(31,5)47)22-10-8-20-12-24-30(36(46)28(20)34(22)44)26(42)14-38(6,48)32(24)16(2)50-18(4)40/h7-12,15-16,31-32,43-48H,13-14H2,1-6H3/t15-,16-,31-,32-,37+,38+/m1/s1. The molecule has 6 rings (SSSR count). The van der Waals surface area contributed by atoms with E-state index < -0.39 is 81.7 Å². The molecule has 4 aromatic rings. The molecule has 0 amide bonds. The van der Waals surface area contributed by atoms with Gasteiger partial charge in [-0.05, 0) is 73.9 Å². The molecule has 0 saturated heterocycles. The van der Waals surface area contributed by atoms with Crippen molar-refractivity contribution in [2.24, 2.45) is 0 Å². The van der Waals surface area contributed by atoms with E-state index in [1.165, 1.54) is 64.1 Å². The Morgan fingerprint density at radius 1 is 0.660 bits per heavy atom. The number of hydrogen-bond acceptors (Lipinski definition) is 12. The van der Waals surface area contributed by atoms with Crippen LogP contribution in [-0.2, 0) is 19.1 Å². The molecule has 0 bridgehead atoms. The molecule has 0 aliphatic heterocycles. The van der Waals surface area contributed by atoms with Crippen molar-refractivity contribution in [1.82, 2.24) is 0 Å². The molecule has 0 aromatic heterocycles. The van der Waals surface area contributed by atoms with Gasteiger partial charge in [-0.3, -0.25) is 19.2 Å². The molecule has 2 aliphatic carbocycles. The van der Waals surface area contributed by atoms with E-state index in [0.717, 1.165) is 0 Å². The number of esters is 2. The van der Waals surface area contributed by atoms with E-state index in [1.807, 2.05) is 0 Å². The number of fused-ring (bicyclic) bond motifs is 4. The van der Waals surface area contributed by atoms with Gasteiger partial charge in [0.25, 0.3) is 0 Å². The van der Waals surface area contributed by atoms with Crippen LogP contribution in [-0.4, -0.2) is 77.6 Å². The Hall–Kier alpha value is -5.20. The summed E-state index contributed by atoms with van der Waals surface area (Å²) in [7, 11) is 0. The summed E-state index contributed by atoms with van der Waals surface area (Å²) < 4.78 is 10.7. The lowest BCUT2D eigenvalue weighted by molar-refractivity contribution is -0.151. The van der Waals surface area contributed by atoms with E-state index in [-0.39, 0.29) is 67.8 Å². The Labute approximate surface area is 286 Å². The molecular weight excluding hydrogens is 648 g/mol. The van der Waals surface area contributed by atoms with E-state index in [2.05, 4.69) is 0 Å². The Morgan fingerprint density at radius 2 is 1.00 bits per heavy atom. The van der Waals surface area contributed by atoms with E-state index in [4.69, 9.17) is 9.47 Å². The van der Waals surface area contributed by atoms with Crippen molar-refractivity contribution in [2.75, 3.05) is 0 Å². The zero-order valence-electron chi connectivity index (χ0n) is 28.3. The molecular formula is C38H38O12. The minimum Gasteiger partial charge on any atom is -0.507 e. The molecule has 4 aromatic carbocycles. The van der Waals surface area contributed by atoms with Crippen LogP contribution in [0.5, 0.6) is 23.0 Å². The minimum absolute atomic E-state index is 0.0278. The summed E-state index contributed by atoms with van der Waals surface area (Å²) in [6.07, 6.45) is -2.52. The number of aliphatic hydroxyl groups is 2. The number of phenols is 4. The normalized spacial score (nSPS) is 24.4. The highest BCUT2D eigenvalue weighted by atomic mass is 16.5. The lowest BCUT2D eigenvalue weighted by Crippen LogP contribution is -2.46. The van der Waals surface area contributed by atoms with Gasteiger partial charge in [0.2, 0.25) is 0 Å². The molecule has 0 saturated carbocycles. The first-order chi connectivity index (χ1) is 23.3. The van der Waals surface area contributed by atoms with Crippen molar-refractivity contribution in [1.29, 1.82) is 0 Å². The molecule has 0 unspecified atom stereocenters. The monoisotopic (exact) mass is 686 g/mol. The van der Waals surface area contributed by atoms with Gasteiger partial charge in [0.05, 0.1) is 44.9 Å². The fourth-order valence-electron chi connectivity index (χ4n) is 8.36. The van der Waals surface area contributed by atoms with Gasteiger partial charge in [0.15, 0.2) is 11.6 Å². The van der Waals surface area contributed by atoms with Gasteiger partial charge in [-0.1, -0.05) is 12.1 Å². The number of aromatic hydroxyl groups is 4. The number of hydrogen-bond donors (Lipinski definition) is 6. The summed E-state index contributed by atoms with van der Waals surface area (Å²) in [5.41, 5.74) is -2.97. The SMILES string of the molecule is CC(=O)O[C@H](C)[C@@H]1c2cc3ccc(-c4ccc5cc6c(c(O)c5c4O)C(=O)C[C@](C)(O)[C@@H]6[C@@H](C)OC(C)=O)c(O)c3c(O)c2C(=O)C[C@]1(C)O. The van der Waals surface area contributed by atoms with Gasteiger partial charge < -0.3 is 40.1 Å². The third-order valence-corrected chi connectivity index (χ3v) is 10.1. The highest BCUT2D eigenvalue weighted by Crippen LogP contribution is 2.54. The Morgan fingerprint density at radius 3 is 1.32 bits per heavy atom. The van der Waals surface area contributed by atoms with Gasteiger partial charge in [-0.15, -0.1) is 0 Å². The molecule has 0 spiro atoms. The van der Waals surface area contributed by atoms with Crippen LogP contribution in [0.15, 0.2) is 36.4 Å². The van der Waals surface area contributed by atoms with Gasteiger partial charge in [0.1, 0.15) is 35.2 Å². The highest BCUT2D eigenvalue weighted by molar-refractivity contribution is 6.13. The average molecular weight is 687 g/mol. The van der Waals surface area contributed by atoms with Crippen LogP contribution in [0.2, 0.25) is 0 Å². The number of carbonyl (C=O) groups excluding carboxylic acids is 4. The van der Waals surface area contributed by atoms with Crippen LogP contribution in [0.4, 0.5) is 0 Å². The zero-order chi connectivity index (χ0) is 36.8. The maximum Gasteiger partial charge on any atom is 0.302 e. The zero-order valence-corrected chi connectivity index (χ0v) is 28.3. The van der Waals surface area contributed by atoms with Crippen LogP contribution in [0.25, 0.3) is 32.7 Å². The first kappa shape index (κ1) is 34.7. The third-order valence-electron chi connectivity index (χ3n) is 10.1. The second-order valence-corrected chi connectivity index (χ2v) is 14.0. The Bertz CT molecular complexity index is 2010. The van der Waals surface area contributed by atoms with Gasteiger partial charge in [-0.25, -0.2) is 0 Å². The van der Waals surface area contributed by atoms with Crippen molar-refractivity contribution in [3.05, 3.63) is 58.7 Å². The first-order valence-electron chi connectivity index (χ1n) is 16.2. The van der Waals surface area contributed by atoms with Gasteiger partial charge >= 0.3 is 11.9 Å². The van der Waals surface area contributed by atoms with E-state index >= 15 is 0 Å². The summed E-state index contributed by atoms with van der Waals surface area (Å²) in [5.74, 6) is -6.24. The molecule has 0 radical (unpaired) electrons. The average Bonchev–Trinajstić information content (AvgIpc) is 2.95. The fourth-order valence-corrected chi connectivity index (χ4v) is 8.36. The summed E-state index contributed by atoms with van der Waals surface area (Å²) in [5, 5.41) is 69.1. The van der Waals surface area contributed by atoms with Crippen molar-refractivity contribution >= 4 is 45.0 Å². The molecule has 0 heterocycles. The molecule has 6 atom stereocenters. The number of ketones is 2. The quantitative estimate of drug-likeness (QED) is 0.149. The topological polar surface area (TPSA) is 208 Å². The van der Waals surface area contributed by atoms with Crippen molar-refractivity contribution in [3.8, 4) is 34.1 Å². The number of benzene rings is 4. The summed E-state index contributed by atoms with van der Waals surface area (Å²) >= 11 is 0. The van der Waals surface area contributed by atoms with Crippen molar-refractivity contribution < 1.29 is 59.3 Å². The van der Waals surface area contributed by atoms with Crippen LogP contribution in [0, 0.1) is 0 Å². The predicted molar refractivity (Wildman–Crippen MR) is 181 cm³/mol. The Kier molecular flexibility index (Phi) is 8.11. The maximum absolute atomic E-state index is 13.3. The molecule has 6 N–H and O–H groups in total. The third kappa shape index (κ3) is 5.30. The maximum atomic E-state index is 13.3. The minimum atomic E-state index is -1.62. The summed E-state index contributed by atoms with van der Waals surface area (Å²) in [6, 6.07) is 9.08. The Balaban J connectivity index is 1.54. The molecule has 0 fully saturated rings. The number of rotatable bonds is 5. The highest BCUT2D eigenvalue weighted by Gasteiger charge is 2.49. The van der Waals surface area contributed by atoms with E-state index in [1.54, 1.807) is 13.8 Å². The van der Waals surface area contributed by atoms with Crippen LogP contribution in [0.3, 0.4) is 0 Å². The molecule has 12 heteroatoms. The second-order valence-electron chi connectivity index (χ2n) is 14.0. The first-order valence-corrected chi connectivity index (χ1v) is 16.2.